The number of nitrogens with zero attached hydrogens (tertiary/aromatic N) is 2. The van der Waals surface area contributed by atoms with Crippen LogP contribution in [0.15, 0.2) is 11.2 Å². The molecule has 6 heteroatoms. The van der Waals surface area contributed by atoms with Crippen LogP contribution in [0.2, 0.25) is 0 Å². The molecule has 0 amide bonds. The second kappa shape index (κ2) is 11.2. The molecule has 1 aromatic heterocycles. The third-order valence-corrected chi connectivity index (χ3v) is 4.55. The van der Waals surface area contributed by atoms with Gasteiger partial charge in [-0.25, -0.2) is 4.98 Å². The molecule has 0 saturated heterocycles. The van der Waals surface area contributed by atoms with E-state index in [0.717, 1.165) is 17.3 Å². The van der Waals surface area contributed by atoms with Crippen LogP contribution in [-0.4, -0.2) is 23.5 Å². The smallest absolute Gasteiger partial charge is 0.188 e. The zero-order valence-electron chi connectivity index (χ0n) is 14.4. The molecule has 128 valence electrons. The molecule has 3 N–H and O–H groups in total. The summed E-state index contributed by atoms with van der Waals surface area (Å²) in [6, 6.07) is 0.380. The van der Waals surface area contributed by atoms with Gasteiger partial charge in [0.2, 0.25) is 0 Å². The first-order valence-corrected chi connectivity index (χ1v) is 8.69. The minimum Gasteiger partial charge on any atom is -0.370 e. The average molecular weight is 438 g/mol. The zero-order valence-corrected chi connectivity index (χ0v) is 17.6. The molecule has 0 aliphatic rings. The van der Waals surface area contributed by atoms with Gasteiger partial charge in [-0.1, -0.05) is 33.6 Å². The Kier molecular flexibility index (Phi) is 11.0. The first-order chi connectivity index (χ1) is 9.88. The Hall–Kier alpha value is -0.370. The zero-order chi connectivity index (χ0) is 15.8. The van der Waals surface area contributed by atoms with Crippen LogP contribution in [0.5, 0.6) is 0 Å². The van der Waals surface area contributed by atoms with Crippen molar-refractivity contribution >= 4 is 41.3 Å². The van der Waals surface area contributed by atoms with Crippen molar-refractivity contribution in [3.05, 3.63) is 16.1 Å². The predicted octanol–water partition coefficient (Wildman–Crippen LogP) is 4.29. The van der Waals surface area contributed by atoms with Gasteiger partial charge in [0, 0.05) is 23.0 Å². The summed E-state index contributed by atoms with van der Waals surface area (Å²) in [6.07, 6.45) is 5.55. The highest BCUT2D eigenvalue weighted by Crippen LogP contribution is 2.21. The van der Waals surface area contributed by atoms with E-state index in [2.05, 4.69) is 49.9 Å². The van der Waals surface area contributed by atoms with E-state index in [1.54, 1.807) is 11.3 Å². The monoisotopic (exact) mass is 438 g/mol. The van der Waals surface area contributed by atoms with Gasteiger partial charge in [0.25, 0.3) is 0 Å². The maximum absolute atomic E-state index is 5.96. The van der Waals surface area contributed by atoms with Gasteiger partial charge in [-0.2, -0.15) is 0 Å². The van der Waals surface area contributed by atoms with Gasteiger partial charge in [0.05, 0.1) is 11.6 Å². The summed E-state index contributed by atoms with van der Waals surface area (Å²) in [5.41, 5.74) is 5.96. The van der Waals surface area contributed by atoms with Crippen LogP contribution in [-0.2, 0) is 0 Å². The number of nitrogens with two attached hydrogens (primary N) is 1. The molecule has 0 saturated carbocycles. The minimum atomic E-state index is 0. The lowest BCUT2D eigenvalue weighted by Gasteiger charge is -2.15. The Bertz CT molecular complexity index is 445. The van der Waals surface area contributed by atoms with Crippen molar-refractivity contribution in [2.24, 2.45) is 16.6 Å². The number of guanidine groups is 1. The molecule has 1 aromatic rings. The molecule has 22 heavy (non-hydrogen) atoms. The summed E-state index contributed by atoms with van der Waals surface area (Å²) < 4.78 is 0. The molecular formula is C16H31IN4S. The molecule has 1 rings (SSSR count). The van der Waals surface area contributed by atoms with Gasteiger partial charge in [0.15, 0.2) is 5.96 Å². The number of thiazole rings is 1. The average Bonchev–Trinajstić information content (AvgIpc) is 2.82. The van der Waals surface area contributed by atoms with Crippen LogP contribution in [0, 0.1) is 12.8 Å². The highest BCUT2D eigenvalue weighted by Gasteiger charge is 2.09. The molecule has 0 aliphatic heterocycles. The normalized spacial score (nSPS) is 14.5. The molecule has 0 bridgehead atoms. The second-order valence-electron chi connectivity index (χ2n) is 6.31. The van der Waals surface area contributed by atoms with Crippen LogP contribution in [0.1, 0.15) is 62.8 Å². The molecular weight excluding hydrogens is 407 g/mol. The van der Waals surface area contributed by atoms with Gasteiger partial charge in [0.1, 0.15) is 0 Å². The summed E-state index contributed by atoms with van der Waals surface area (Å²) >= 11 is 1.73. The molecule has 0 fully saturated rings. The lowest BCUT2D eigenvalue weighted by atomic mass is 10.0. The highest BCUT2D eigenvalue weighted by atomic mass is 127. The Labute approximate surface area is 156 Å². The van der Waals surface area contributed by atoms with Crippen LogP contribution >= 0.6 is 35.3 Å². The largest absolute Gasteiger partial charge is 0.370 e. The quantitative estimate of drug-likeness (QED) is 0.362. The third kappa shape index (κ3) is 8.92. The maximum Gasteiger partial charge on any atom is 0.188 e. The Morgan fingerprint density at radius 1 is 1.32 bits per heavy atom. The van der Waals surface area contributed by atoms with Gasteiger partial charge in [-0.15, -0.1) is 35.3 Å². The van der Waals surface area contributed by atoms with Crippen molar-refractivity contribution in [2.75, 3.05) is 6.54 Å². The van der Waals surface area contributed by atoms with Gasteiger partial charge < -0.3 is 11.1 Å². The lowest BCUT2D eigenvalue weighted by molar-refractivity contribution is 0.493. The number of halogens is 1. The van der Waals surface area contributed by atoms with Crippen LogP contribution in [0.3, 0.4) is 0 Å². The van der Waals surface area contributed by atoms with Crippen LogP contribution < -0.4 is 11.1 Å². The van der Waals surface area contributed by atoms with Gasteiger partial charge in [-0.05, 0) is 26.2 Å². The van der Waals surface area contributed by atoms with E-state index >= 15 is 0 Å². The predicted molar refractivity (Wildman–Crippen MR) is 108 cm³/mol. The van der Waals surface area contributed by atoms with Crippen LogP contribution in [0.25, 0.3) is 0 Å². The number of aromatic nitrogens is 1. The molecule has 0 spiro atoms. The fourth-order valence-corrected chi connectivity index (χ4v) is 2.93. The van der Waals surface area contributed by atoms with Crippen molar-refractivity contribution in [1.82, 2.24) is 10.3 Å². The molecule has 2 atom stereocenters. The van der Waals surface area contributed by atoms with Crippen molar-refractivity contribution in [2.45, 2.75) is 65.8 Å². The van der Waals surface area contributed by atoms with E-state index in [4.69, 9.17) is 5.73 Å². The summed E-state index contributed by atoms with van der Waals surface area (Å²) in [6.45, 7) is 11.6. The van der Waals surface area contributed by atoms with Gasteiger partial charge >= 0.3 is 0 Å². The maximum atomic E-state index is 5.96. The van der Waals surface area contributed by atoms with E-state index in [0.29, 0.717) is 24.5 Å². The van der Waals surface area contributed by atoms with Crippen molar-refractivity contribution < 1.29 is 0 Å². The number of nitrogens with one attached hydrogen (secondary N) is 1. The standard InChI is InChI=1S/C16H30N4S.HI/c1-11(2)7-6-8-13(4)20-16(17)19-9-12(3)15-18-10-14(5)21-15;/h10-13H,6-9H2,1-5H3,(H3,17,19,20);1H. The van der Waals surface area contributed by atoms with E-state index in [1.807, 2.05) is 6.20 Å². The van der Waals surface area contributed by atoms with E-state index in [1.165, 1.54) is 17.7 Å². The summed E-state index contributed by atoms with van der Waals surface area (Å²) in [4.78, 5) is 10.1. The van der Waals surface area contributed by atoms with Crippen molar-refractivity contribution in [3.63, 3.8) is 0 Å². The SMILES string of the molecule is Cc1cnc(C(C)CN=C(N)NC(C)CCCC(C)C)s1.I. The second-order valence-corrected chi connectivity index (χ2v) is 7.57. The number of rotatable bonds is 8. The van der Waals surface area contributed by atoms with Gasteiger partial charge in [-0.3, -0.25) is 4.99 Å². The van der Waals surface area contributed by atoms with E-state index in [9.17, 15) is 0 Å². The molecule has 0 aliphatic carbocycles. The molecule has 1 heterocycles. The number of aryl methyl sites for hydroxylation is 1. The highest BCUT2D eigenvalue weighted by molar-refractivity contribution is 14.0. The van der Waals surface area contributed by atoms with Crippen molar-refractivity contribution in [1.29, 1.82) is 0 Å². The Morgan fingerprint density at radius 3 is 2.55 bits per heavy atom. The fourth-order valence-electron chi connectivity index (χ4n) is 2.12. The first-order valence-electron chi connectivity index (χ1n) is 7.87. The fraction of sp³-hybridized carbons (Fsp3) is 0.750. The third-order valence-electron chi connectivity index (χ3n) is 3.41. The van der Waals surface area contributed by atoms with E-state index < -0.39 is 0 Å². The van der Waals surface area contributed by atoms with Crippen LogP contribution in [0.4, 0.5) is 0 Å². The number of hydrogen-bond acceptors (Lipinski definition) is 3. The molecule has 0 radical (unpaired) electrons. The molecule has 0 aromatic carbocycles. The Morgan fingerprint density at radius 2 is 2.00 bits per heavy atom. The topological polar surface area (TPSA) is 63.3 Å². The summed E-state index contributed by atoms with van der Waals surface area (Å²) in [7, 11) is 0. The molecule has 2 unspecified atom stereocenters. The Balaban J connectivity index is 0.00000441. The lowest BCUT2D eigenvalue weighted by Crippen LogP contribution is -2.38. The van der Waals surface area contributed by atoms with Crippen molar-refractivity contribution in [3.8, 4) is 0 Å². The minimum absolute atomic E-state index is 0. The summed E-state index contributed by atoms with van der Waals surface area (Å²) in [5.74, 6) is 1.64. The number of hydrogen-bond donors (Lipinski definition) is 2. The number of aliphatic imine (C=N–C) groups is 1. The van der Waals surface area contributed by atoms with E-state index in [-0.39, 0.29) is 24.0 Å². The summed E-state index contributed by atoms with van der Waals surface area (Å²) in [5, 5.41) is 4.41. The molecule has 4 nitrogen and oxygen atoms in total. The first kappa shape index (κ1) is 21.6.